The highest BCUT2D eigenvalue weighted by molar-refractivity contribution is 8.00. The molecule has 0 bridgehead atoms. The van der Waals surface area contributed by atoms with Crippen molar-refractivity contribution in [3.8, 4) is 0 Å². The van der Waals surface area contributed by atoms with Crippen molar-refractivity contribution in [2.24, 2.45) is 17.8 Å². The molecule has 2 N–H and O–H groups in total. The van der Waals surface area contributed by atoms with E-state index in [4.69, 9.17) is 5.11 Å². The Morgan fingerprint density at radius 2 is 2.06 bits per heavy atom. The summed E-state index contributed by atoms with van der Waals surface area (Å²) in [6.45, 7) is 0. The third kappa shape index (κ3) is 2.13. The normalized spacial score (nSPS) is 42.1. The largest absolute Gasteiger partial charge is 0.481 e. The number of nitrogens with one attached hydrogen (secondary N) is 1. The maximum absolute atomic E-state index is 12.0. The van der Waals surface area contributed by atoms with Gasteiger partial charge in [-0.2, -0.15) is 0 Å². The number of thioether (sulfide) groups is 1. The van der Waals surface area contributed by atoms with Crippen molar-refractivity contribution in [3.05, 3.63) is 0 Å². The highest BCUT2D eigenvalue weighted by atomic mass is 32.2. The summed E-state index contributed by atoms with van der Waals surface area (Å²) in [7, 11) is 0. The molecule has 0 aromatic heterocycles. The molecule has 2 aliphatic carbocycles. The van der Waals surface area contributed by atoms with Crippen LogP contribution in [-0.2, 0) is 9.59 Å². The Hall–Kier alpha value is -0.710. The highest BCUT2D eigenvalue weighted by Crippen LogP contribution is 2.49. The number of fused-ring (bicyclic) bond motifs is 1. The van der Waals surface area contributed by atoms with Crippen LogP contribution in [0.3, 0.4) is 0 Å². The topological polar surface area (TPSA) is 66.4 Å². The fourth-order valence-electron chi connectivity index (χ4n) is 3.65. The lowest BCUT2D eigenvalue weighted by molar-refractivity contribution is -0.141. The molecule has 3 fully saturated rings. The summed E-state index contributed by atoms with van der Waals surface area (Å²) >= 11 is 1.75. The molecule has 1 heterocycles. The van der Waals surface area contributed by atoms with Gasteiger partial charge in [0.25, 0.3) is 0 Å². The Balaban J connectivity index is 1.51. The number of carbonyl (C=O) groups is 2. The Kier molecular flexibility index (Phi) is 3.26. The first-order chi connectivity index (χ1) is 8.65. The lowest BCUT2D eigenvalue weighted by Crippen LogP contribution is -2.52. The van der Waals surface area contributed by atoms with E-state index in [1.807, 2.05) is 0 Å². The third-order valence-corrected chi connectivity index (χ3v) is 6.10. The summed E-state index contributed by atoms with van der Waals surface area (Å²) in [6.07, 6.45) is 4.68. The number of carboxylic acid groups (broad SMARTS) is 1. The fraction of sp³-hybridized carbons (Fsp3) is 0.846. The Morgan fingerprint density at radius 3 is 2.72 bits per heavy atom. The molecule has 1 amide bonds. The monoisotopic (exact) mass is 269 g/mol. The van der Waals surface area contributed by atoms with E-state index >= 15 is 0 Å². The van der Waals surface area contributed by atoms with E-state index < -0.39 is 5.97 Å². The number of hydrogen-bond donors (Lipinski definition) is 2. The number of hydrogen-bond acceptors (Lipinski definition) is 3. The summed E-state index contributed by atoms with van der Waals surface area (Å²) in [5.74, 6) is 1.38. The maximum atomic E-state index is 12.0. The molecule has 0 spiro atoms. The van der Waals surface area contributed by atoms with Crippen LogP contribution in [0.25, 0.3) is 0 Å². The van der Waals surface area contributed by atoms with E-state index in [9.17, 15) is 9.59 Å². The molecule has 5 atom stereocenters. The second-order valence-corrected chi connectivity index (χ2v) is 7.09. The summed E-state index contributed by atoms with van der Waals surface area (Å²) in [4.78, 5) is 23.0. The SMILES string of the molecule is O=C(O)C1C[C@@H]2C[C@@H](NC(=O)C3CCCS3)[C@@H]2C1. The minimum absolute atomic E-state index is 0.140. The van der Waals surface area contributed by atoms with Gasteiger partial charge in [0.2, 0.25) is 5.91 Å². The molecular formula is C13H19NO3S. The van der Waals surface area contributed by atoms with E-state index in [2.05, 4.69) is 5.32 Å². The molecular weight excluding hydrogens is 250 g/mol. The zero-order chi connectivity index (χ0) is 12.7. The summed E-state index contributed by atoms with van der Waals surface area (Å²) in [6, 6.07) is 0.244. The van der Waals surface area contributed by atoms with E-state index in [0.29, 0.717) is 11.8 Å². The molecule has 5 heteroatoms. The van der Waals surface area contributed by atoms with Crippen LogP contribution in [0.15, 0.2) is 0 Å². The van der Waals surface area contributed by atoms with Gasteiger partial charge in [-0.3, -0.25) is 9.59 Å². The first-order valence-corrected chi connectivity index (χ1v) is 7.85. The molecule has 3 rings (SSSR count). The van der Waals surface area contributed by atoms with Gasteiger partial charge in [-0.05, 0) is 49.7 Å². The fourth-order valence-corrected chi connectivity index (χ4v) is 4.82. The predicted octanol–water partition coefficient (Wildman–Crippen LogP) is 1.50. The van der Waals surface area contributed by atoms with Gasteiger partial charge in [0.05, 0.1) is 11.2 Å². The molecule has 0 radical (unpaired) electrons. The van der Waals surface area contributed by atoms with Crippen LogP contribution in [0.5, 0.6) is 0 Å². The molecule has 100 valence electrons. The quantitative estimate of drug-likeness (QED) is 0.815. The summed E-state index contributed by atoms with van der Waals surface area (Å²) in [5, 5.41) is 12.3. The van der Waals surface area contributed by atoms with E-state index in [-0.39, 0.29) is 23.1 Å². The molecule has 2 saturated carbocycles. The molecule has 0 aromatic carbocycles. The van der Waals surface area contributed by atoms with Gasteiger partial charge in [-0.1, -0.05) is 0 Å². The predicted molar refractivity (Wildman–Crippen MR) is 69.4 cm³/mol. The van der Waals surface area contributed by atoms with E-state index in [1.54, 1.807) is 11.8 Å². The van der Waals surface area contributed by atoms with Crippen LogP contribution >= 0.6 is 11.8 Å². The van der Waals surface area contributed by atoms with Crippen LogP contribution in [0.2, 0.25) is 0 Å². The van der Waals surface area contributed by atoms with Gasteiger partial charge in [0.15, 0.2) is 0 Å². The van der Waals surface area contributed by atoms with E-state index in [0.717, 1.165) is 37.9 Å². The molecule has 2 unspecified atom stereocenters. The molecule has 1 saturated heterocycles. The molecule has 4 nitrogen and oxygen atoms in total. The average molecular weight is 269 g/mol. The van der Waals surface area contributed by atoms with Crippen molar-refractivity contribution in [2.45, 2.75) is 43.4 Å². The number of aliphatic carboxylic acids is 1. The minimum atomic E-state index is -0.666. The van der Waals surface area contributed by atoms with Gasteiger partial charge >= 0.3 is 5.97 Å². The Labute approximate surface area is 111 Å². The van der Waals surface area contributed by atoms with Crippen LogP contribution in [0, 0.1) is 17.8 Å². The van der Waals surface area contributed by atoms with Crippen molar-refractivity contribution in [2.75, 3.05) is 5.75 Å². The first kappa shape index (κ1) is 12.3. The number of carbonyl (C=O) groups excluding carboxylic acids is 1. The van der Waals surface area contributed by atoms with Crippen molar-refractivity contribution < 1.29 is 14.7 Å². The van der Waals surface area contributed by atoms with Crippen LogP contribution < -0.4 is 5.32 Å². The van der Waals surface area contributed by atoms with Gasteiger partial charge in [-0.15, -0.1) is 11.8 Å². The van der Waals surface area contributed by atoms with E-state index in [1.165, 1.54) is 0 Å². The smallest absolute Gasteiger partial charge is 0.306 e. The average Bonchev–Trinajstić information content (AvgIpc) is 2.93. The van der Waals surface area contributed by atoms with Gasteiger partial charge in [0, 0.05) is 6.04 Å². The zero-order valence-electron chi connectivity index (χ0n) is 10.3. The highest BCUT2D eigenvalue weighted by Gasteiger charge is 2.50. The Bertz CT molecular complexity index is 367. The lowest BCUT2D eigenvalue weighted by atomic mass is 9.71. The first-order valence-electron chi connectivity index (χ1n) is 6.80. The zero-order valence-corrected chi connectivity index (χ0v) is 11.1. The van der Waals surface area contributed by atoms with Gasteiger partial charge < -0.3 is 10.4 Å². The maximum Gasteiger partial charge on any atom is 0.306 e. The molecule has 1 aliphatic heterocycles. The minimum Gasteiger partial charge on any atom is -0.481 e. The molecule has 3 aliphatic rings. The van der Waals surface area contributed by atoms with Crippen molar-refractivity contribution in [3.63, 3.8) is 0 Å². The molecule has 0 aromatic rings. The number of rotatable bonds is 3. The number of carboxylic acids is 1. The third-order valence-electron chi connectivity index (χ3n) is 4.72. The van der Waals surface area contributed by atoms with Crippen molar-refractivity contribution in [1.29, 1.82) is 0 Å². The standard InChI is InChI=1S/C13H19NO3S/c15-12(11-2-1-3-18-11)14-10-6-7-4-8(13(16)17)5-9(7)10/h7-11H,1-6H2,(H,14,15)(H,16,17)/t7-,8?,9-,10-,11?/m1/s1. The Morgan fingerprint density at radius 1 is 1.22 bits per heavy atom. The lowest BCUT2D eigenvalue weighted by Gasteiger charge is -2.41. The number of amides is 1. The van der Waals surface area contributed by atoms with Crippen LogP contribution in [-0.4, -0.2) is 34.0 Å². The van der Waals surface area contributed by atoms with Crippen molar-refractivity contribution >= 4 is 23.6 Å². The van der Waals surface area contributed by atoms with Gasteiger partial charge in [0.1, 0.15) is 0 Å². The van der Waals surface area contributed by atoms with Crippen LogP contribution in [0.4, 0.5) is 0 Å². The second-order valence-electron chi connectivity index (χ2n) is 5.78. The second kappa shape index (κ2) is 4.76. The van der Waals surface area contributed by atoms with Crippen molar-refractivity contribution in [1.82, 2.24) is 5.32 Å². The molecule has 18 heavy (non-hydrogen) atoms. The van der Waals surface area contributed by atoms with Gasteiger partial charge in [-0.25, -0.2) is 0 Å². The summed E-state index contributed by atoms with van der Waals surface area (Å²) < 4.78 is 0. The van der Waals surface area contributed by atoms with Crippen LogP contribution in [0.1, 0.15) is 32.1 Å². The summed E-state index contributed by atoms with van der Waals surface area (Å²) in [5.41, 5.74) is 0.